The fourth-order valence-electron chi connectivity index (χ4n) is 2.51. The van der Waals surface area contributed by atoms with Crippen LogP contribution in [0.4, 0.5) is 0 Å². The molecule has 0 radical (unpaired) electrons. The number of ether oxygens (including phenoxy) is 1. The van der Waals surface area contributed by atoms with Gasteiger partial charge in [-0.25, -0.2) is 0 Å². The SMILES string of the molecule is Cl.c1cc2cc(CNCCN3CCOCC3)ccc2[nH]1. The van der Waals surface area contributed by atoms with Crippen LogP contribution in [-0.2, 0) is 11.3 Å². The van der Waals surface area contributed by atoms with Crippen LogP contribution < -0.4 is 5.32 Å². The van der Waals surface area contributed by atoms with Crippen molar-refractivity contribution in [2.75, 3.05) is 39.4 Å². The maximum absolute atomic E-state index is 5.34. The summed E-state index contributed by atoms with van der Waals surface area (Å²) in [5.74, 6) is 0. The van der Waals surface area contributed by atoms with Crippen LogP contribution in [0.2, 0.25) is 0 Å². The summed E-state index contributed by atoms with van der Waals surface area (Å²) in [7, 11) is 0. The van der Waals surface area contributed by atoms with E-state index < -0.39 is 0 Å². The second-order valence-corrected chi connectivity index (χ2v) is 5.03. The summed E-state index contributed by atoms with van der Waals surface area (Å²) < 4.78 is 5.34. The van der Waals surface area contributed by atoms with E-state index in [1.165, 1.54) is 16.5 Å². The number of morpholine rings is 1. The van der Waals surface area contributed by atoms with Crippen LogP contribution >= 0.6 is 12.4 Å². The number of hydrogen-bond donors (Lipinski definition) is 2. The van der Waals surface area contributed by atoms with Gasteiger partial charge in [-0.2, -0.15) is 0 Å². The highest BCUT2D eigenvalue weighted by Gasteiger charge is 2.08. The molecule has 0 aliphatic carbocycles. The van der Waals surface area contributed by atoms with E-state index in [0.29, 0.717) is 0 Å². The Morgan fingerprint density at radius 3 is 2.90 bits per heavy atom. The molecule has 3 rings (SSSR count). The molecule has 0 atom stereocenters. The molecule has 0 amide bonds. The third kappa shape index (κ3) is 3.96. The summed E-state index contributed by atoms with van der Waals surface area (Å²) in [5, 5.41) is 4.80. The van der Waals surface area contributed by atoms with Crippen molar-refractivity contribution in [2.24, 2.45) is 0 Å². The molecule has 20 heavy (non-hydrogen) atoms. The number of H-pyrrole nitrogens is 1. The Morgan fingerprint density at radius 2 is 2.05 bits per heavy atom. The molecule has 5 heteroatoms. The van der Waals surface area contributed by atoms with E-state index in [2.05, 4.69) is 39.5 Å². The lowest BCUT2D eigenvalue weighted by molar-refractivity contribution is 0.0384. The van der Waals surface area contributed by atoms with E-state index in [0.717, 1.165) is 45.9 Å². The van der Waals surface area contributed by atoms with Crippen molar-refractivity contribution >= 4 is 23.3 Å². The van der Waals surface area contributed by atoms with Crippen LogP contribution in [0.15, 0.2) is 30.5 Å². The number of aromatic amines is 1. The lowest BCUT2D eigenvalue weighted by Gasteiger charge is -2.26. The zero-order valence-corrected chi connectivity index (χ0v) is 12.4. The molecule has 0 unspecified atom stereocenters. The zero-order valence-electron chi connectivity index (χ0n) is 11.6. The molecule has 1 aliphatic heterocycles. The maximum Gasteiger partial charge on any atom is 0.0594 e. The highest BCUT2D eigenvalue weighted by atomic mass is 35.5. The first kappa shape index (κ1) is 15.3. The number of nitrogens with one attached hydrogen (secondary N) is 2. The predicted octanol–water partition coefficient (Wildman–Crippen LogP) is 2.01. The average molecular weight is 296 g/mol. The van der Waals surface area contributed by atoms with Crippen LogP contribution in [0.1, 0.15) is 5.56 Å². The largest absolute Gasteiger partial charge is 0.379 e. The summed E-state index contributed by atoms with van der Waals surface area (Å²) in [6, 6.07) is 8.69. The van der Waals surface area contributed by atoms with Gasteiger partial charge >= 0.3 is 0 Å². The molecule has 1 fully saturated rings. The Bertz CT molecular complexity index is 523. The van der Waals surface area contributed by atoms with E-state index in [4.69, 9.17) is 4.74 Å². The molecule has 1 saturated heterocycles. The van der Waals surface area contributed by atoms with Gasteiger partial charge in [0.2, 0.25) is 0 Å². The van der Waals surface area contributed by atoms with Crippen molar-refractivity contribution < 1.29 is 4.74 Å². The van der Waals surface area contributed by atoms with E-state index in [-0.39, 0.29) is 12.4 Å². The first-order valence-electron chi connectivity index (χ1n) is 6.99. The molecule has 1 aromatic carbocycles. The molecule has 0 saturated carbocycles. The van der Waals surface area contributed by atoms with Gasteiger partial charge in [0, 0.05) is 44.4 Å². The minimum Gasteiger partial charge on any atom is -0.379 e. The molecule has 110 valence electrons. The molecule has 0 spiro atoms. The quantitative estimate of drug-likeness (QED) is 0.829. The molecule has 2 N–H and O–H groups in total. The van der Waals surface area contributed by atoms with Gasteiger partial charge in [-0.15, -0.1) is 12.4 Å². The van der Waals surface area contributed by atoms with Crippen molar-refractivity contribution in [2.45, 2.75) is 6.54 Å². The first-order valence-corrected chi connectivity index (χ1v) is 6.99. The molecular formula is C15H22ClN3O. The van der Waals surface area contributed by atoms with Crippen LogP contribution in [0.5, 0.6) is 0 Å². The second-order valence-electron chi connectivity index (χ2n) is 5.03. The maximum atomic E-state index is 5.34. The Kier molecular flexibility index (Phi) is 5.86. The van der Waals surface area contributed by atoms with Crippen LogP contribution in [0.25, 0.3) is 10.9 Å². The summed E-state index contributed by atoms with van der Waals surface area (Å²) in [6.45, 7) is 6.97. The number of halogens is 1. The summed E-state index contributed by atoms with van der Waals surface area (Å²) >= 11 is 0. The normalized spacial score (nSPS) is 16.2. The molecule has 1 aliphatic rings. The average Bonchev–Trinajstić information content (AvgIpc) is 2.92. The van der Waals surface area contributed by atoms with Gasteiger partial charge in [0.1, 0.15) is 0 Å². The number of aromatic nitrogens is 1. The first-order chi connectivity index (χ1) is 9.42. The van der Waals surface area contributed by atoms with Gasteiger partial charge in [-0.05, 0) is 29.1 Å². The van der Waals surface area contributed by atoms with Gasteiger partial charge in [0.25, 0.3) is 0 Å². The summed E-state index contributed by atoms with van der Waals surface area (Å²) in [4.78, 5) is 5.67. The smallest absolute Gasteiger partial charge is 0.0594 e. The Morgan fingerprint density at radius 1 is 1.20 bits per heavy atom. The van der Waals surface area contributed by atoms with Gasteiger partial charge in [-0.1, -0.05) is 6.07 Å². The van der Waals surface area contributed by atoms with Gasteiger partial charge in [0.05, 0.1) is 13.2 Å². The summed E-state index contributed by atoms with van der Waals surface area (Å²) in [6.07, 6.45) is 1.99. The van der Waals surface area contributed by atoms with Crippen LogP contribution in [0, 0.1) is 0 Å². The summed E-state index contributed by atoms with van der Waals surface area (Å²) in [5.41, 5.74) is 2.55. The topological polar surface area (TPSA) is 40.3 Å². The fraction of sp³-hybridized carbons (Fsp3) is 0.467. The third-order valence-electron chi connectivity index (χ3n) is 3.66. The molecule has 4 nitrogen and oxygen atoms in total. The molecular weight excluding hydrogens is 274 g/mol. The van der Waals surface area contributed by atoms with E-state index >= 15 is 0 Å². The van der Waals surface area contributed by atoms with Gasteiger partial charge < -0.3 is 15.0 Å². The van der Waals surface area contributed by atoms with E-state index in [1.807, 2.05) is 6.20 Å². The van der Waals surface area contributed by atoms with Gasteiger partial charge in [0.15, 0.2) is 0 Å². The number of hydrogen-bond acceptors (Lipinski definition) is 3. The molecule has 1 aromatic heterocycles. The molecule has 2 aromatic rings. The predicted molar refractivity (Wildman–Crippen MR) is 84.5 cm³/mol. The number of benzene rings is 1. The number of fused-ring (bicyclic) bond motifs is 1. The number of rotatable bonds is 5. The molecule has 0 bridgehead atoms. The van der Waals surface area contributed by atoms with Gasteiger partial charge in [-0.3, -0.25) is 4.90 Å². The van der Waals surface area contributed by atoms with E-state index in [1.54, 1.807) is 0 Å². The Balaban J connectivity index is 0.00000147. The lowest BCUT2D eigenvalue weighted by Crippen LogP contribution is -2.40. The van der Waals surface area contributed by atoms with Crippen molar-refractivity contribution in [3.63, 3.8) is 0 Å². The Hall–Kier alpha value is -1.07. The number of nitrogens with zero attached hydrogens (tertiary/aromatic N) is 1. The third-order valence-corrected chi connectivity index (χ3v) is 3.66. The second kappa shape index (κ2) is 7.64. The standard InChI is InChI=1S/C15H21N3O.ClH/c1-2-15-14(3-4-17-15)11-13(1)12-16-5-6-18-7-9-19-10-8-18;/h1-4,11,16-17H,5-10,12H2;1H. The zero-order chi connectivity index (χ0) is 12.9. The van der Waals surface area contributed by atoms with E-state index in [9.17, 15) is 0 Å². The molecule has 2 heterocycles. The van der Waals surface area contributed by atoms with Crippen molar-refractivity contribution in [1.29, 1.82) is 0 Å². The fourth-order valence-corrected chi connectivity index (χ4v) is 2.51. The van der Waals surface area contributed by atoms with Crippen LogP contribution in [0.3, 0.4) is 0 Å². The Labute approximate surface area is 125 Å². The monoisotopic (exact) mass is 295 g/mol. The van der Waals surface area contributed by atoms with Crippen LogP contribution in [-0.4, -0.2) is 49.3 Å². The minimum absolute atomic E-state index is 0. The minimum atomic E-state index is 0. The van der Waals surface area contributed by atoms with Crippen molar-refractivity contribution in [3.05, 3.63) is 36.0 Å². The highest BCUT2D eigenvalue weighted by Crippen LogP contribution is 2.13. The lowest BCUT2D eigenvalue weighted by atomic mass is 10.1. The van der Waals surface area contributed by atoms with Crippen molar-refractivity contribution in [3.8, 4) is 0 Å². The highest BCUT2D eigenvalue weighted by molar-refractivity contribution is 5.85. The van der Waals surface area contributed by atoms with Crippen molar-refractivity contribution in [1.82, 2.24) is 15.2 Å².